The van der Waals surface area contributed by atoms with E-state index in [0.29, 0.717) is 10.9 Å². The van der Waals surface area contributed by atoms with Gasteiger partial charge in [-0.3, -0.25) is 4.79 Å². The first-order valence-corrected chi connectivity index (χ1v) is 6.83. The summed E-state index contributed by atoms with van der Waals surface area (Å²) in [5, 5.41) is 4.77. The van der Waals surface area contributed by atoms with Crippen molar-refractivity contribution in [1.29, 1.82) is 0 Å². The molecule has 0 aliphatic rings. The normalized spacial score (nSPS) is 11.5. The standard InChI is InChI=1S/C15H11FN2OS/c1-10-5-6-14-13(7-10)15(19)18(20-14)17-9-11-3-2-4-12(16)8-11/h2-9H,1H3/b17-9+. The maximum Gasteiger partial charge on any atom is 0.289 e. The van der Waals surface area contributed by atoms with Crippen molar-refractivity contribution in [2.24, 2.45) is 5.10 Å². The van der Waals surface area contributed by atoms with Crippen LogP contribution >= 0.6 is 11.5 Å². The van der Waals surface area contributed by atoms with Gasteiger partial charge in [-0.2, -0.15) is 5.10 Å². The van der Waals surface area contributed by atoms with E-state index in [-0.39, 0.29) is 11.4 Å². The minimum atomic E-state index is -0.326. The molecule has 1 aromatic heterocycles. The summed E-state index contributed by atoms with van der Waals surface area (Å²) in [5.41, 5.74) is 1.50. The lowest BCUT2D eigenvalue weighted by Gasteiger charge is -1.92. The van der Waals surface area contributed by atoms with Crippen molar-refractivity contribution in [1.82, 2.24) is 4.07 Å². The van der Waals surface area contributed by atoms with Gasteiger partial charge in [-0.15, -0.1) is 4.07 Å². The van der Waals surface area contributed by atoms with Crippen molar-refractivity contribution in [3.8, 4) is 0 Å². The molecule has 0 unspecified atom stereocenters. The van der Waals surface area contributed by atoms with Crippen LogP contribution in [0.5, 0.6) is 0 Å². The number of aromatic nitrogens is 1. The molecule has 1 heterocycles. The van der Waals surface area contributed by atoms with E-state index >= 15 is 0 Å². The smallest absolute Gasteiger partial charge is 0.266 e. The molecule has 2 aromatic carbocycles. The largest absolute Gasteiger partial charge is 0.289 e. The maximum absolute atomic E-state index is 13.1. The molecular formula is C15H11FN2OS. The molecule has 3 rings (SSSR count). The Morgan fingerprint density at radius 1 is 1.25 bits per heavy atom. The Bertz CT molecular complexity index is 864. The van der Waals surface area contributed by atoms with Crippen LogP contribution in [-0.4, -0.2) is 10.3 Å². The molecule has 3 nitrogen and oxygen atoms in total. The van der Waals surface area contributed by atoms with Crippen LogP contribution in [0.3, 0.4) is 0 Å². The van der Waals surface area contributed by atoms with E-state index in [4.69, 9.17) is 0 Å². The second-order valence-electron chi connectivity index (χ2n) is 4.47. The predicted octanol–water partition coefficient (Wildman–Crippen LogP) is 3.39. The molecule has 5 heteroatoms. The summed E-state index contributed by atoms with van der Waals surface area (Å²) in [7, 11) is 0. The quantitative estimate of drug-likeness (QED) is 0.665. The lowest BCUT2D eigenvalue weighted by Crippen LogP contribution is -2.08. The zero-order chi connectivity index (χ0) is 14.1. The van der Waals surface area contributed by atoms with Gasteiger partial charge in [-0.1, -0.05) is 23.8 Å². The molecule has 0 spiro atoms. The molecule has 0 N–H and O–H groups in total. The molecule has 0 saturated heterocycles. The Balaban J connectivity index is 2.03. The van der Waals surface area contributed by atoms with Crippen LogP contribution in [0.4, 0.5) is 4.39 Å². The fourth-order valence-electron chi connectivity index (χ4n) is 1.91. The summed E-state index contributed by atoms with van der Waals surface area (Å²) in [6, 6.07) is 11.8. The summed E-state index contributed by atoms with van der Waals surface area (Å²) in [5.74, 6) is -0.326. The van der Waals surface area contributed by atoms with E-state index in [9.17, 15) is 9.18 Å². The van der Waals surface area contributed by atoms with Gasteiger partial charge < -0.3 is 0 Å². The van der Waals surface area contributed by atoms with Crippen LogP contribution in [0.2, 0.25) is 0 Å². The molecule has 20 heavy (non-hydrogen) atoms. The monoisotopic (exact) mass is 286 g/mol. The highest BCUT2D eigenvalue weighted by atomic mass is 32.1. The van der Waals surface area contributed by atoms with Gasteiger partial charge in [0.2, 0.25) is 0 Å². The van der Waals surface area contributed by atoms with Crippen molar-refractivity contribution < 1.29 is 4.39 Å². The van der Waals surface area contributed by atoms with E-state index in [2.05, 4.69) is 5.10 Å². The summed E-state index contributed by atoms with van der Waals surface area (Å²) < 4.78 is 15.3. The van der Waals surface area contributed by atoms with Crippen molar-refractivity contribution in [3.63, 3.8) is 0 Å². The minimum absolute atomic E-state index is 0.152. The number of rotatable bonds is 2. The van der Waals surface area contributed by atoms with E-state index < -0.39 is 0 Å². The van der Waals surface area contributed by atoms with Gasteiger partial charge in [0, 0.05) is 0 Å². The van der Waals surface area contributed by atoms with Crippen LogP contribution in [0.15, 0.2) is 52.4 Å². The first kappa shape index (κ1) is 12.7. The Labute approximate surface area is 118 Å². The number of hydrogen-bond acceptors (Lipinski definition) is 3. The Hall–Kier alpha value is -2.27. The second kappa shape index (κ2) is 5.02. The molecule has 0 bridgehead atoms. The molecular weight excluding hydrogens is 275 g/mol. The van der Waals surface area contributed by atoms with Crippen LogP contribution in [-0.2, 0) is 0 Å². The van der Waals surface area contributed by atoms with Crippen molar-refractivity contribution in [2.75, 3.05) is 0 Å². The van der Waals surface area contributed by atoms with Crippen LogP contribution in [0, 0.1) is 12.7 Å². The molecule has 0 aliphatic carbocycles. The van der Waals surface area contributed by atoms with Crippen LogP contribution < -0.4 is 5.56 Å². The fraction of sp³-hybridized carbons (Fsp3) is 0.0667. The summed E-state index contributed by atoms with van der Waals surface area (Å²) in [6.07, 6.45) is 1.48. The van der Waals surface area contributed by atoms with E-state index in [1.165, 1.54) is 33.9 Å². The van der Waals surface area contributed by atoms with Gasteiger partial charge in [0.1, 0.15) is 5.82 Å². The molecule has 3 aromatic rings. The number of hydrogen-bond donors (Lipinski definition) is 0. The molecule has 0 amide bonds. The predicted molar refractivity (Wildman–Crippen MR) is 80.2 cm³/mol. The highest BCUT2D eigenvalue weighted by molar-refractivity contribution is 7.13. The lowest BCUT2D eigenvalue weighted by atomic mass is 10.2. The van der Waals surface area contributed by atoms with E-state index in [1.807, 2.05) is 25.1 Å². The Morgan fingerprint density at radius 2 is 2.10 bits per heavy atom. The van der Waals surface area contributed by atoms with Gasteiger partial charge in [0.15, 0.2) is 0 Å². The number of halogens is 1. The van der Waals surface area contributed by atoms with Gasteiger partial charge in [-0.05, 0) is 48.3 Å². The Morgan fingerprint density at radius 3 is 2.90 bits per heavy atom. The maximum atomic E-state index is 13.1. The van der Waals surface area contributed by atoms with Crippen molar-refractivity contribution in [2.45, 2.75) is 6.92 Å². The van der Waals surface area contributed by atoms with Crippen molar-refractivity contribution in [3.05, 3.63) is 69.8 Å². The zero-order valence-electron chi connectivity index (χ0n) is 10.7. The average Bonchev–Trinajstić information content (AvgIpc) is 2.73. The molecule has 0 radical (unpaired) electrons. The van der Waals surface area contributed by atoms with E-state index in [1.54, 1.807) is 12.1 Å². The van der Waals surface area contributed by atoms with Gasteiger partial charge >= 0.3 is 0 Å². The number of benzene rings is 2. The Kier molecular flexibility index (Phi) is 3.20. The third-order valence-corrected chi connectivity index (χ3v) is 3.87. The van der Waals surface area contributed by atoms with E-state index in [0.717, 1.165) is 10.3 Å². The van der Waals surface area contributed by atoms with Crippen LogP contribution in [0.25, 0.3) is 10.1 Å². The first-order chi connectivity index (χ1) is 9.63. The number of fused-ring (bicyclic) bond motifs is 1. The van der Waals surface area contributed by atoms with Crippen LogP contribution in [0.1, 0.15) is 11.1 Å². The van der Waals surface area contributed by atoms with Crippen molar-refractivity contribution >= 4 is 27.8 Å². The molecule has 0 aliphatic heterocycles. The number of aryl methyl sites for hydroxylation is 1. The molecule has 0 atom stereocenters. The lowest BCUT2D eigenvalue weighted by molar-refractivity contribution is 0.627. The minimum Gasteiger partial charge on any atom is -0.266 e. The summed E-state index contributed by atoms with van der Waals surface area (Å²) >= 11 is 1.27. The van der Waals surface area contributed by atoms with Gasteiger partial charge in [0.25, 0.3) is 5.56 Å². The molecule has 0 saturated carbocycles. The summed E-state index contributed by atoms with van der Waals surface area (Å²) in [6.45, 7) is 1.94. The zero-order valence-corrected chi connectivity index (χ0v) is 11.5. The highest BCUT2D eigenvalue weighted by Gasteiger charge is 2.06. The number of nitrogens with zero attached hydrogens (tertiary/aromatic N) is 2. The third-order valence-electron chi connectivity index (χ3n) is 2.88. The highest BCUT2D eigenvalue weighted by Crippen LogP contribution is 2.17. The SMILES string of the molecule is Cc1ccc2sn(/N=C/c3cccc(F)c3)c(=O)c2c1. The fourth-order valence-corrected chi connectivity index (χ4v) is 2.75. The third kappa shape index (κ3) is 2.40. The summed E-state index contributed by atoms with van der Waals surface area (Å²) in [4.78, 5) is 12.2. The first-order valence-electron chi connectivity index (χ1n) is 6.06. The average molecular weight is 286 g/mol. The molecule has 0 fully saturated rings. The second-order valence-corrected chi connectivity index (χ2v) is 5.44. The molecule has 100 valence electrons. The topological polar surface area (TPSA) is 34.4 Å². The van der Waals surface area contributed by atoms with Gasteiger partial charge in [-0.25, -0.2) is 4.39 Å². The van der Waals surface area contributed by atoms with Gasteiger partial charge in [0.05, 0.1) is 16.3 Å².